The van der Waals surface area contributed by atoms with Crippen LogP contribution in [-0.2, 0) is 0 Å². The molecular formula is C9H11N3O3. The number of aliphatic hydroxyl groups excluding tert-OH is 1. The van der Waals surface area contributed by atoms with Crippen LogP contribution in [0.5, 0.6) is 0 Å². The Balaban J connectivity index is 2.31. The van der Waals surface area contributed by atoms with Crippen LogP contribution in [0, 0.1) is 10.1 Å². The molecule has 0 aromatic carbocycles. The highest BCUT2D eigenvalue weighted by molar-refractivity contribution is 5.62. The number of aromatic nitrogens is 1. The van der Waals surface area contributed by atoms with E-state index < -0.39 is 11.0 Å². The molecule has 1 aromatic heterocycles. The zero-order valence-corrected chi connectivity index (χ0v) is 8.04. The Morgan fingerprint density at radius 3 is 3.07 bits per heavy atom. The highest BCUT2D eigenvalue weighted by Crippen LogP contribution is 2.29. The summed E-state index contributed by atoms with van der Waals surface area (Å²) in [4.78, 5) is 15.8. The van der Waals surface area contributed by atoms with Crippen LogP contribution in [-0.4, -0.2) is 34.2 Å². The van der Waals surface area contributed by atoms with Crippen LogP contribution in [0.2, 0.25) is 0 Å². The van der Waals surface area contributed by atoms with Crippen molar-refractivity contribution in [1.82, 2.24) is 4.98 Å². The number of hydrogen-bond donors (Lipinski definition) is 1. The van der Waals surface area contributed by atoms with Crippen LogP contribution in [0.1, 0.15) is 6.42 Å². The molecule has 2 heterocycles. The van der Waals surface area contributed by atoms with Crippen molar-refractivity contribution < 1.29 is 10.0 Å². The fourth-order valence-electron chi connectivity index (χ4n) is 1.75. The maximum atomic E-state index is 10.7. The van der Waals surface area contributed by atoms with Crippen molar-refractivity contribution >= 4 is 11.4 Å². The van der Waals surface area contributed by atoms with Gasteiger partial charge < -0.3 is 10.0 Å². The third-order valence-corrected chi connectivity index (χ3v) is 2.48. The SMILES string of the molecule is O=[N+]([O-])c1cnccc1N1CCC(O)C1. The molecule has 0 saturated carbocycles. The summed E-state index contributed by atoms with van der Waals surface area (Å²) < 4.78 is 0. The predicted molar refractivity (Wildman–Crippen MR) is 53.7 cm³/mol. The normalized spacial score (nSPS) is 20.6. The van der Waals surface area contributed by atoms with E-state index in [0.29, 0.717) is 25.2 Å². The molecule has 1 unspecified atom stereocenters. The Kier molecular flexibility index (Phi) is 2.51. The summed E-state index contributed by atoms with van der Waals surface area (Å²) in [6, 6.07) is 1.61. The first-order chi connectivity index (χ1) is 7.18. The van der Waals surface area contributed by atoms with Crippen molar-refractivity contribution in [3.63, 3.8) is 0 Å². The van der Waals surface area contributed by atoms with E-state index in [0.717, 1.165) is 0 Å². The molecule has 0 radical (unpaired) electrons. The molecule has 0 aliphatic carbocycles. The van der Waals surface area contributed by atoms with E-state index in [9.17, 15) is 15.2 Å². The first-order valence-corrected chi connectivity index (χ1v) is 4.70. The Morgan fingerprint density at radius 1 is 1.67 bits per heavy atom. The molecule has 2 rings (SSSR count). The largest absolute Gasteiger partial charge is 0.391 e. The van der Waals surface area contributed by atoms with Crippen LogP contribution in [0.4, 0.5) is 11.4 Å². The maximum Gasteiger partial charge on any atom is 0.310 e. The first kappa shape index (κ1) is 9.85. The number of anilines is 1. The highest BCUT2D eigenvalue weighted by Gasteiger charge is 2.26. The average molecular weight is 209 g/mol. The van der Waals surface area contributed by atoms with Gasteiger partial charge in [-0.15, -0.1) is 0 Å². The van der Waals surface area contributed by atoms with Gasteiger partial charge >= 0.3 is 5.69 Å². The second kappa shape index (κ2) is 3.82. The van der Waals surface area contributed by atoms with Gasteiger partial charge in [-0.2, -0.15) is 0 Å². The van der Waals surface area contributed by atoms with Gasteiger partial charge in [0.05, 0.1) is 11.0 Å². The zero-order chi connectivity index (χ0) is 10.8. The van der Waals surface area contributed by atoms with Gasteiger partial charge in [-0.05, 0) is 12.5 Å². The molecule has 1 aliphatic heterocycles. The van der Waals surface area contributed by atoms with Gasteiger partial charge in [0.25, 0.3) is 0 Å². The molecule has 6 nitrogen and oxygen atoms in total. The Hall–Kier alpha value is -1.69. The summed E-state index contributed by atoms with van der Waals surface area (Å²) >= 11 is 0. The van der Waals surface area contributed by atoms with Crippen LogP contribution < -0.4 is 4.90 Å². The van der Waals surface area contributed by atoms with Gasteiger partial charge in [0.2, 0.25) is 0 Å². The number of hydrogen-bond acceptors (Lipinski definition) is 5. The zero-order valence-electron chi connectivity index (χ0n) is 8.04. The molecule has 1 aromatic rings. The van der Waals surface area contributed by atoms with Gasteiger partial charge in [0, 0.05) is 19.3 Å². The monoisotopic (exact) mass is 209 g/mol. The van der Waals surface area contributed by atoms with Gasteiger partial charge in [0.15, 0.2) is 0 Å². The third kappa shape index (κ3) is 1.89. The topological polar surface area (TPSA) is 79.5 Å². The van der Waals surface area contributed by atoms with Crippen molar-refractivity contribution in [3.8, 4) is 0 Å². The second-order valence-electron chi connectivity index (χ2n) is 3.51. The van der Waals surface area contributed by atoms with Crippen LogP contribution >= 0.6 is 0 Å². The van der Waals surface area contributed by atoms with Crippen LogP contribution in [0.15, 0.2) is 18.5 Å². The quantitative estimate of drug-likeness (QED) is 0.568. The summed E-state index contributed by atoms with van der Waals surface area (Å²) in [5.41, 5.74) is 0.526. The lowest BCUT2D eigenvalue weighted by atomic mass is 10.3. The molecule has 15 heavy (non-hydrogen) atoms. The molecule has 6 heteroatoms. The first-order valence-electron chi connectivity index (χ1n) is 4.70. The minimum atomic E-state index is -0.451. The molecule has 0 spiro atoms. The molecule has 0 amide bonds. The van der Waals surface area contributed by atoms with Crippen molar-refractivity contribution in [2.45, 2.75) is 12.5 Å². The molecular weight excluding hydrogens is 198 g/mol. The Bertz CT molecular complexity index is 383. The summed E-state index contributed by atoms with van der Waals surface area (Å²) in [6.45, 7) is 1.09. The highest BCUT2D eigenvalue weighted by atomic mass is 16.6. The second-order valence-corrected chi connectivity index (χ2v) is 3.51. The fraction of sp³-hybridized carbons (Fsp3) is 0.444. The van der Waals surface area contributed by atoms with Crippen LogP contribution in [0.25, 0.3) is 0 Å². The van der Waals surface area contributed by atoms with E-state index in [1.807, 2.05) is 4.90 Å². The van der Waals surface area contributed by atoms with Crippen molar-refractivity contribution in [2.24, 2.45) is 0 Å². The molecule has 1 saturated heterocycles. The predicted octanol–water partition coefficient (Wildman–Crippen LogP) is 0.561. The standard InChI is InChI=1S/C9H11N3O3/c13-7-2-4-11(6-7)8-1-3-10-5-9(8)12(14)15/h1,3,5,7,13H,2,4,6H2. The fourth-order valence-corrected chi connectivity index (χ4v) is 1.75. The smallest absolute Gasteiger partial charge is 0.310 e. The lowest BCUT2D eigenvalue weighted by Crippen LogP contribution is -2.22. The van der Waals surface area contributed by atoms with E-state index in [1.165, 1.54) is 12.4 Å². The van der Waals surface area contributed by atoms with Gasteiger partial charge in [-0.1, -0.05) is 0 Å². The average Bonchev–Trinajstić information content (AvgIpc) is 2.65. The lowest BCUT2D eigenvalue weighted by molar-refractivity contribution is -0.384. The summed E-state index contributed by atoms with van der Waals surface area (Å²) in [6.07, 6.45) is 3.02. The third-order valence-electron chi connectivity index (χ3n) is 2.48. The summed E-state index contributed by atoms with van der Waals surface area (Å²) in [5, 5.41) is 20.1. The molecule has 0 bridgehead atoms. The maximum absolute atomic E-state index is 10.7. The summed E-state index contributed by atoms with van der Waals surface area (Å²) in [5.74, 6) is 0. The Morgan fingerprint density at radius 2 is 2.47 bits per heavy atom. The molecule has 1 N–H and O–H groups in total. The van der Waals surface area contributed by atoms with Crippen molar-refractivity contribution in [2.75, 3.05) is 18.0 Å². The summed E-state index contributed by atoms with van der Waals surface area (Å²) in [7, 11) is 0. The van der Waals surface area contributed by atoms with E-state index in [-0.39, 0.29) is 5.69 Å². The van der Waals surface area contributed by atoms with E-state index in [2.05, 4.69) is 4.98 Å². The lowest BCUT2D eigenvalue weighted by Gasteiger charge is -2.16. The van der Waals surface area contributed by atoms with E-state index >= 15 is 0 Å². The Labute approximate surface area is 86.3 Å². The molecule has 1 atom stereocenters. The molecule has 80 valence electrons. The van der Waals surface area contributed by atoms with E-state index in [4.69, 9.17) is 0 Å². The number of nitrogens with zero attached hydrogens (tertiary/aromatic N) is 3. The number of nitro groups is 1. The number of rotatable bonds is 2. The van der Waals surface area contributed by atoms with Crippen molar-refractivity contribution in [1.29, 1.82) is 0 Å². The van der Waals surface area contributed by atoms with Crippen molar-refractivity contribution in [3.05, 3.63) is 28.6 Å². The minimum Gasteiger partial charge on any atom is -0.391 e. The molecule has 1 aliphatic rings. The minimum absolute atomic E-state index is 0.00778. The number of aliphatic hydroxyl groups is 1. The van der Waals surface area contributed by atoms with E-state index in [1.54, 1.807) is 6.07 Å². The van der Waals surface area contributed by atoms with Gasteiger partial charge in [-0.3, -0.25) is 15.1 Å². The molecule has 1 fully saturated rings. The van der Waals surface area contributed by atoms with Gasteiger partial charge in [0.1, 0.15) is 11.9 Å². The van der Waals surface area contributed by atoms with Gasteiger partial charge in [-0.25, -0.2) is 0 Å². The number of pyridine rings is 1. The number of β-amino-alcohol motifs (C(OH)–C–C–N with tert-alkyl or cyclic N) is 1. The van der Waals surface area contributed by atoms with Crippen LogP contribution in [0.3, 0.4) is 0 Å².